The van der Waals surface area contributed by atoms with Crippen LogP contribution in [0.2, 0.25) is 19.6 Å². The van der Waals surface area contributed by atoms with Crippen LogP contribution < -0.4 is 5.19 Å². The summed E-state index contributed by atoms with van der Waals surface area (Å²) in [6.45, 7) is 6.95. The molecule has 0 amide bonds. The van der Waals surface area contributed by atoms with Crippen molar-refractivity contribution in [3.63, 3.8) is 0 Å². The molecule has 0 bridgehead atoms. The van der Waals surface area contributed by atoms with Gasteiger partial charge in [0.2, 0.25) is 0 Å². The molecule has 0 unspecified atom stereocenters. The first-order valence-electron chi connectivity index (χ1n) is 6.96. The van der Waals surface area contributed by atoms with Gasteiger partial charge in [0.1, 0.15) is 12.1 Å². The molecule has 0 N–H and O–H groups in total. The molecule has 0 saturated carbocycles. The Balaban J connectivity index is 2.19. The maximum absolute atomic E-state index is 13.1. The van der Waals surface area contributed by atoms with Crippen molar-refractivity contribution in [3.05, 3.63) is 54.6 Å². The molecule has 0 atom stereocenters. The second-order valence-electron chi connectivity index (χ2n) is 6.21. The quantitative estimate of drug-likeness (QED) is 0.668. The Morgan fingerprint density at radius 2 is 1.62 bits per heavy atom. The van der Waals surface area contributed by atoms with Crippen molar-refractivity contribution in [1.29, 1.82) is 0 Å². The molecule has 2 aromatic carbocycles. The second-order valence-corrected chi connectivity index (χ2v) is 11.3. The van der Waals surface area contributed by atoms with Gasteiger partial charge < -0.3 is 0 Å². The van der Waals surface area contributed by atoms with Crippen molar-refractivity contribution in [3.8, 4) is 11.3 Å². The van der Waals surface area contributed by atoms with Crippen LogP contribution in [-0.2, 0) is 0 Å². The molecule has 4 heteroatoms. The smallest absolute Gasteiger partial charge is 0.123 e. The van der Waals surface area contributed by atoms with E-state index in [2.05, 4.69) is 47.8 Å². The summed E-state index contributed by atoms with van der Waals surface area (Å²) in [5, 5.41) is 2.38. The predicted octanol–water partition coefficient (Wildman–Crippen LogP) is 3.98. The third kappa shape index (κ3) is 2.71. The highest BCUT2D eigenvalue weighted by Crippen LogP contribution is 2.25. The van der Waals surface area contributed by atoms with Crippen molar-refractivity contribution in [2.75, 3.05) is 0 Å². The number of benzene rings is 2. The van der Waals surface area contributed by atoms with Crippen molar-refractivity contribution < 1.29 is 4.39 Å². The molecule has 1 aromatic heterocycles. The molecule has 0 aliphatic rings. The number of fused-ring (bicyclic) bond motifs is 1. The van der Waals surface area contributed by atoms with Crippen molar-refractivity contribution in [2.24, 2.45) is 0 Å². The van der Waals surface area contributed by atoms with Crippen LogP contribution in [0.3, 0.4) is 0 Å². The van der Waals surface area contributed by atoms with E-state index in [0.29, 0.717) is 0 Å². The summed E-state index contributed by atoms with van der Waals surface area (Å²) < 4.78 is 13.1. The van der Waals surface area contributed by atoms with Gasteiger partial charge >= 0.3 is 0 Å². The Bertz CT molecular complexity index is 792. The molecule has 0 spiro atoms. The Morgan fingerprint density at radius 3 is 2.29 bits per heavy atom. The van der Waals surface area contributed by atoms with E-state index in [-0.39, 0.29) is 5.82 Å². The SMILES string of the molecule is C[Si](C)(C)c1ccc2c(-c3ccc(F)cc3)ncnc2c1. The molecule has 3 rings (SSSR count). The van der Waals surface area contributed by atoms with Crippen LogP contribution >= 0.6 is 0 Å². The Labute approximate surface area is 124 Å². The molecule has 106 valence electrons. The largest absolute Gasteiger partial charge is 0.236 e. The van der Waals surface area contributed by atoms with E-state index < -0.39 is 8.07 Å². The summed E-state index contributed by atoms with van der Waals surface area (Å²) in [7, 11) is -1.36. The second kappa shape index (κ2) is 5.04. The Kier molecular flexibility index (Phi) is 3.33. The number of halogens is 1. The summed E-state index contributed by atoms with van der Waals surface area (Å²) >= 11 is 0. The van der Waals surface area contributed by atoms with Gasteiger partial charge in [0, 0.05) is 10.9 Å². The third-order valence-corrected chi connectivity index (χ3v) is 5.66. The number of hydrogen-bond acceptors (Lipinski definition) is 2. The van der Waals surface area contributed by atoms with Gasteiger partial charge in [0.25, 0.3) is 0 Å². The molecule has 1 heterocycles. The highest BCUT2D eigenvalue weighted by atomic mass is 28.3. The van der Waals surface area contributed by atoms with Gasteiger partial charge in [-0.15, -0.1) is 0 Å². The molecule has 2 nitrogen and oxygen atoms in total. The van der Waals surface area contributed by atoms with E-state index in [1.54, 1.807) is 18.5 Å². The van der Waals surface area contributed by atoms with Gasteiger partial charge in [-0.3, -0.25) is 0 Å². The van der Waals surface area contributed by atoms with Gasteiger partial charge in [0.05, 0.1) is 19.3 Å². The van der Waals surface area contributed by atoms with E-state index in [0.717, 1.165) is 22.2 Å². The standard InChI is InChI=1S/C17H17FN2Si/c1-21(2,3)14-8-9-15-16(10-14)19-11-20-17(15)12-4-6-13(18)7-5-12/h4-11H,1-3H3. The summed E-state index contributed by atoms with van der Waals surface area (Å²) in [5.74, 6) is -0.238. The van der Waals surface area contributed by atoms with Gasteiger partial charge in [-0.05, 0) is 30.3 Å². The summed E-state index contributed by atoms with van der Waals surface area (Å²) in [6.07, 6.45) is 1.58. The van der Waals surface area contributed by atoms with E-state index >= 15 is 0 Å². The first kappa shape index (κ1) is 13.9. The van der Waals surface area contributed by atoms with Crippen molar-refractivity contribution >= 4 is 24.2 Å². The minimum atomic E-state index is -1.36. The summed E-state index contributed by atoms with van der Waals surface area (Å²) in [5.41, 5.74) is 2.70. The van der Waals surface area contributed by atoms with Crippen molar-refractivity contribution in [2.45, 2.75) is 19.6 Å². The number of rotatable bonds is 2. The first-order chi connectivity index (χ1) is 9.95. The lowest BCUT2D eigenvalue weighted by Gasteiger charge is -2.17. The van der Waals surface area contributed by atoms with Crippen LogP contribution in [0.1, 0.15) is 0 Å². The highest BCUT2D eigenvalue weighted by molar-refractivity contribution is 6.88. The van der Waals surface area contributed by atoms with Crippen LogP contribution in [0.4, 0.5) is 4.39 Å². The zero-order valence-corrected chi connectivity index (χ0v) is 13.4. The van der Waals surface area contributed by atoms with Crippen LogP contribution in [0.25, 0.3) is 22.2 Å². The molecule has 21 heavy (non-hydrogen) atoms. The van der Waals surface area contributed by atoms with E-state index in [1.807, 2.05) is 0 Å². The lowest BCUT2D eigenvalue weighted by atomic mass is 10.1. The Morgan fingerprint density at radius 1 is 0.905 bits per heavy atom. The Hall–Kier alpha value is -2.07. The zero-order valence-electron chi connectivity index (χ0n) is 12.4. The lowest BCUT2D eigenvalue weighted by molar-refractivity contribution is 0.628. The van der Waals surface area contributed by atoms with Gasteiger partial charge in [0.15, 0.2) is 0 Å². The fourth-order valence-electron chi connectivity index (χ4n) is 2.36. The maximum atomic E-state index is 13.1. The number of hydrogen-bond donors (Lipinski definition) is 0. The summed E-state index contributed by atoms with van der Waals surface area (Å²) in [6, 6.07) is 12.8. The van der Waals surface area contributed by atoms with Crippen LogP contribution in [0, 0.1) is 5.82 Å². The fraction of sp³-hybridized carbons (Fsp3) is 0.176. The molecule has 0 saturated heterocycles. The molecular formula is C17H17FN2Si. The zero-order chi connectivity index (χ0) is 15.0. The van der Waals surface area contributed by atoms with Crippen LogP contribution in [0.5, 0.6) is 0 Å². The lowest BCUT2D eigenvalue weighted by Crippen LogP contribution is -2.37. The van der Waals surface area contributed by atoms with Crippen LogP contribution in [-0.4, -0.2) is 18.0 Å². The number of aromatic nitrogens is 2. The minimum Gasteiger partial charge on any atom is -0.236 e. The predicted molar refractivity (Wildman–Crippen MR) is 87.9 cm³/mol. The molecular weight excluding hydrogens is 279 g/mol. The van der Waals surface area contributed by atoms with Crippen LogP contribution in [0.15, 0.2) is 48.8 Å². The van der Waals surface area contributed by atoms with Crippen molar-refractivity contribution in [1.82, 2.24) is 9.97 Å². The third-order valence-electron chi connectivity index (χ3n) is 3.62. The van der Waals surface area contributed by atoms with E-state index in [1.165, 1.54) is 17.3 Å². The molecule has 0 radical (unpaired) electrons. The van der Waals surface area contributed by atoms with E-state index in [9.17, 15) is 4.39 Å². The van der Waals surface area contributed by atoms with Gasteiger partial charge in [-0.25, -0.2) is 14.4 Å². The fourth-order valence-corrected chi connectivity index (χ4v) is 3.51. The van der Waals surface area contributed by atoms with E-state index in [4.69, 9.17) is 0 Å². The molecule has 0 aliphatic carbocycles. The minimum absolute atomic E-state index is 0.238. The monoisotopic (exact) mass is 296 g/mol. The maximum Gasteiger partial charge on any atom is 0.123 e. The molecule has 0 aliphatic heterocycles. The van der Waals surface area contributed by atoms with Gasteiger partial charge in [-0.1, -0.05) is 37.0 Å². The molecule has 0 fully saturated rings. The first-order valence-corrected chi connectivity index (χ1v) is 10.5. The summed E-state index contributed by atoms with van der Waals surface area (Å²) in [4.78, 5) is 8.77. The highest BCUT2D eigenvalue weighted by Gasteiger charge is 2.17. The normalized spacial score (nSPS) is 11.8. The van der Waals surface area contributed by atoms with Gasteiger partial charge in [-0.2, -0.15) is 0 Å². The number of nitrogens with zero attached hydrogens (tertiary/aromatic N) is 2. The average Bonchev–Trinajstić information content (AvgIpc) is 2.46. The average molecular weight is 296 g/mol. The topological polar surface area (TPSA) is 25.8 Å². The molecule has 3 aromatic rings.